The summed E-state index contributed by atoms with van der Waals surface area (Å²) in [6.07, 6.45) is 1.88. The fourth-order valence-electron chi connectivity index (χ4n) is 1.43. The van der Waals surface area contributed by atoms with Crippen LogP contribution in [0.25, 0.3) is 0 Å². The molecule has 1 aromatic rings. The lowest BCUT2D eigenvalue weighted by molar-refractivity contribution is -0.123. The minimum absolute atomic E-state index is 0.0603. The molecule has 0 aliphatic heterocycles. The Balaban J connectivity index is 2.35. The van der Waals surface area contributed by atoms with Crippen molar-refractivity contribution in [3.8, 4) is 11.5 Å². The Hall–Kier alpha value is -2.04. The number of carbonyl (C=O) groups excluding carboxylic acids is 1. The van der Waals surface area contributed by atoms with Crippen LogP contribution in [-0.2, 0) is 4.79 Å². The molecule has 0 aromatic heterocycles. The van der Waals surface area contributed by atoms with Gasteiger partial charge in [-0.1, -0.05) is 13.3 Å². The van der Waals surface area contributed by atoms with Crippen molar-refractivity contribution in [1.29, 1.82) is 0 Å². The van der Waals surface area contributed by atoms with Crippen LogP contribution in [0.3, 0.4) is 0 Å². The topological polar surface area (TPSA) is 59.9 Å². The summed E-state index contributed by atoms with van der Waals surface area (Å²) in [6.45, 7) is 3.89. The van der Waals surface area contributed by atoms with E-state index in [1.807, 2.05) is 6.92 Å². The van der Waals surface area contributed by atoms with Gasteiger partial charge < -0.3 is 9.47 Å². The minimum atomic E-state index is -0.272. The van der Waals surface area contributed by atoms with Crippen LogP contribution in [0, 0.1) is 0 Å². The molecule has 0 radical (unpaired) electrons. The molecule has 0 aliphatic carbocycles. The van der Waals surface area contributed by atoms with Crippen LogP contribution < -0.4 is 14.9 Å². The average Bonchev–Trinajstić information content (AvgIpc) is 2.44. The predicted octanol–water partition coefficient (Wildman–Crippen LogP) is 2.37. The van der Waals surface area contributed by atoms with Gasteiger partial charge in [0.15, 0.2) is 6.61 Å². The Kier molecular flexibility index (Phi) is 6.43. The Morgan fingerprint density at radius 1 is 1.26 bits per heavy atom. The van der Waals surface area contributed by atoms with Gasteiger partial charge in [-0.25, -0.2) is 5.43 Å². The first kappa shape index (κ1) is 15.0. The number of benzene rings is 1. The maximum atomic E-state index is 11.5. The van der Waals surface area contributed by atoms with Crippen LogP contribution in [0.1, 0.15) is 26.7 Å². The maximum Gasteiger partial charge on any atom is 0.277 e. The third-order valence-corrected chi connectivity index (χ3v) is 2.41. The highest BCUT2D eigenvalue weighted by molar-refractivity contribution is 5.84. The number of ether oxygens (including phenoxy) is 2. The highest BCUT2D eigenvalue weighted by atomic mass is 16.5. The Morgan fingerprint density at radius 3 is 2.47 bits per heavy atom. The first-order valence-corrected chi connectivity index (χ1v) is 6.24. The van der Waals surface area contributed by atoms with Crippen LogP contribution >= 0.6 is 0 Å². The molecule has 5 heteroatoms. The molecule has 1 N–H and O–H groups in total. The second-order valence-electron chi connectivity index (χ2n) is 4.10. The van der Waals surface area contributed by atoms with E-state index in [1.54, 1.807) is 31.4 Å². The van der Waals surface area contributed by atoms with Crippen LogP contribution in [0.2, 0.25) is 0 Å². The molecule has 1 aromatic carbocycles. The Morgan fingerprint density at radius 2 is 1.89 bits per heavy atom. The molecular formula is C14H20N2O3. The maximum absolute atomic E-state index is 11.5. The van der Waals surface area contributed by atoms with Crippen LogP contribution in [-0.4, -0.2) is 25.3 Å². The van der Waals surface area contributed by atoms with Gasteiger partial charge in [-0.2, -0.15) is 5.10 Å². The molecule has 1 amide bonds. The summed E-state index contributed by atoms with van der Waals surface area (Å²) >= 11 is 0. The zero-order valence-electron chi connectivity index (χ0n) is 11.6. The van der Waals surface area contributed by atoms with Crippen molar-refractivity contribution < 1.29 is 14.3 Å². The van der Waals surface area contributed by atoms with Crippen LogP contribution in [0.4, 0.5) is 0 Å². The summed E-state index contributed by atoms with van der Waals surface area (Å²) in [5.74, 6) is 1.09. The first-order valence-electron chi connectivity index (χ1n) is 6.24. The van der Waals surface area contributed by atoms with Crippen LogP contribution in [0.5, 0.6) is 11.5 Å². The SMILES string of the molecule is CCC/C(C)=N/NC(=O)COc1ccc(OC)cc1. The van der Waals surface area contributed by atoms with Gasteiger partial charge in [0.1, 0.15) is 11.5 Å². The monoisotopic (exact) mass is 264 g/mol. The number of rotatable bonds is 7. The number of nitrogens with one attached hydrogen (secondary N) is 1. The van der Waals surface area contributed by atoms with E-state index in [-0.39, 0.29) is 12.5 Å². The van der Waals surface area contributed by atoms with Gasteiger partial charge in [0.05, 0.1) is 7.11 Å². The number of nitrogens with zero attached hydrogens (tertiary/aromatic N) is 1. The number of methoxy groups -OCH3 is 1. The normalized spacial score (nSPS) is 11.0. The van der Waals surface area contributed by atoms with Crippen molar-refractivity contribution in [2.24, 2.45) is 5.10 Å². The molecule has 104 valence electrons. The molecule has 1 rings (SSSR count). The summed E-state index contributed by atoms with van der Waals surface area (Å²) in [6, 6.07) is 7.04. The summed E-state index contributed by atoms with van der Waals surface area (Å²) in [4.78, 5) is 11.5. The van der Waals surface area contributed by atoms with Crippen molar-refractivity contribution in [2.45, 2.75) is 26.7 Å². The zero-order chi connectivity index (χ0) is 14.1. The standard InChI is InChI=1S/C14H20N2O3/c1-4-5-11(2)15-16-14(17)10-19-13-8-6-12(18-3)7-9-13/h6-9H,4-5,10H2,1-3H3,(H,16,17)/b15-11+. The van der Waals surface area contributed by atoms with Crippen molar-refractivity contribution >= 4 is 11.6 Å². The molecule has 0 fully saturated rings. The summed E-state index contributed by atoms with van der Waals surface area (Å²) in [7, 11) is 1.60. The van der Waals surface area contributed by atoms with Gasteiger partial charge in [-0.3, -0.25) is 4.79 Å². The lowest BCUT2D eigenvalue weighted by Gasteiger charge is -2.06. The van der Waals surface area contributed by atoms with E-state index in [4.69, 9.17) is 9.47 Å². The highest BCUT2D eigenvalue weighted by Crippen LogP contribution is 2.16. The summed E-state index contributed by atoms with van der Waals surface area (Å²) < 4.78 is 10.4. The number of carbonyl (C=O) groups is 1. The van der Waals surface area contributed by atoms with E-state index in [2.05, 4.69) is 17.5 Å². The number of hydrogen-bond donors (Lipinski definition) is 1. The second kappa shape index (κ2) is 8.13. The Bertz CT molecular complexity index is 427. The van der Waals surface area contributed by atoms with Gasteiger partial charge >= 0.3 is 0 Å². The molecule has 0 atom stereocenters. The van der Waals surface area contributed by atoms with E-state index in [0.29, 0.717) is 5.75 Å². The molecule has 0 unspecified atom stereocenters. The zero-order valence-corrected chi connectivity index (χ0v) is 11.6. The van der Waals surface area contributed by atoms with Gasteiger partial charge in [0, 0.05) is 5.71 Å². The second-order valence-corrected chi connectivity index (χ2v) is 4.10. The number of hydrogen-bond acceptors (Lipinski definition) is 4. The highest BCUT2D eigenvalue weighted by Gasteiger charge is 2.02. The largest absolute Gasteiger partial charge is 0.497 e. The molecule has 0 saturated heterocycles. The fourth-order valence-corrected chi connectivity index (χ4v) is 1.43. The summed E-state index contributed by atoms with van der Waals surface area (Å²) in [5.41, 5.74) is 3.36. The van der Waals surface area contributed by atoms with Crippen molar-refractivity contribution in [2.75, 3.05) is 13.7 Å². The van der Waals surface area contributed by atoms with Gasteiger partial charge in [-0.15, -0.1) is 0 Å². The number of hydrazone groups is 1. The average molecular weight is 264 g/mol. The quantitative estimate of drug-likeness (QED) is 0.607. The first-order chi connectivity index (χ1) is 9.15. The van der Waals surface area contributed by atoms with Gasteiger partial charge in [-0.05, 0) is 37.6 Å². The molecule has 0 spiro atoms. The third-order valence-electron chi connectivity index (χ3n) is 2.41. The van der Waals surface area contributed by atoms with Gasteiger partial charge in [0.25, 0.3) is 5.91 Å². The molecule has 0 saturated carbocycles. The molecule has 0 heterocycles. The van der Waals surface area contributed by atoms with E-state index in [9.17, 15) is 4.79 Å². The minimum Gasteiger partial charge on any atom is -0.497 e. The van der Waals surface area contributed by atoms with Crippen molar-refractivity contribution in [3.05, 3.63) is 24.3 Å². The van der Waals surface area contributed by atoms with Gasteiger partial charge in [0.2, 0.25) is 0 Å². The van der Waals surface area contributed by atoms with E-state index < -0.39 is 0 Å². The Labute approximate surface area is 113 Å². The molecular weight excluding hydrogens is 244 g/mol. The molecule has 0 bridgehead atoms. The molecule has 19 heavy (non-hydrogen) atoms. The van der Waals surface area contributed by atoms with Crippen LogP contribution in [0.15, 0.2) is 29.4 Å². The third kappa shape index (κ3) is 5.90. The fraction of sp³-hybridized carbons (Fsp3) is 0.429. The lowest BCUT2D eigenvalue weighted by Crippen LogP contribution is -2.25. The smallest absolute Gasteiger partial charge is 0.277 e. The summed E-state index contributed by atoms with van der Waals surface area (Å²) in [5, 5.41) is 3.97. The lowest BCUT2D eigenvalue weighted by atomic mass is 10.2. The van der Waals surface area contributed by atoms with Crippen molar-refractivity contribution in [1.82, 2.24) is 5.43 Å². The molecule has 5 nitrogen and oxygen atoms in total. The van der Waals surface area contributed by atoms with Crippen molar-refractivity contribution in [3.63, 3.8) is 0 Å². The van der Waals surface area contributed by atoms with E-state index >= 15 is 0 Å². The van der Waals surface area contributed by atoms with E-state index in [1.165, 1.54) is 0 Å². The van der Waals surface area contributed by atoms with E-state index in [0.717, 1.165) is 24.3 Å². The number of amides is 1. The molecule has 0 aliphatic rings. The predicted molar refractivity (Wildman–Crippen MR) is 74.6 cm³/mol.